The molecule has 3 aliphatic rings. The average Bonchev–Trinajstić information content (AvgIpc) is 2.92. The summed E-state index contributed by atoms with van der Waals surface area (Å²) in [5, 5.41) is 6.52. The molecule has 0 spiro atoms. The lowest BCUT2D eigenvalue weighted by Gasteiger charge is -2.42. The predicted octanol–water partition coefficient (Wildman–Crippen LogP) is 1.88. The van der Waals surface area contributed by atoms with Gasteiger partial charge in [0.2, 0.25) is 5.91 Å². The molecule has 26 heavy (non-hydrogen) atoms. The number of ether oxygens (including phenoxy) is 1. The number of amides is 2. The second-order valence-corrected chi connectivity index (χ2v) is 7.25. The number of hydrogen-bond acceptors (Lipinski definition) is 4. The SMILES string of the molecule is COc1ccccc1[C@@H]1C2=C(CNC2=O)N[C@H]2CCCC[C@@H]2N1C(C)=O. The Morgan fingerprint density at radius 1 is 1.23 bits per heavy atom. The quantitative estimate of drug-likeness (QED) is 0.850. The zero-order valence-corrected chi connectivity index (χ0v) is 15.2. The molecule has 2 N–H and O–H groups in total. The Bertz CT molecular complexity index is 773. The molecule has 0 unspecified atom stereocenters. The molecule has 0 bridgehead atoms. The van der Waals surface area contributed by atoms with Crippen molar-refractivity contribution in [2.45, 2.75) is 50.7 Å². The molecule has 1 saturated carbocycles. The second-order valence-electron chi connectivity index (χ2n) is 7.25. The molecular formula is C20H25N3O3. The lowest BCUT2D eigenvalue weighted by atomic mass is 9.87. The predicted molar refractivity (Wildman–Crippen MR) is 97.5 cm³/mol. The van der Waals surface area contributed by atoms with Crippen molar-refractivity contribution < 1.29 is 14.3 Å². The number of benzene rings is 1. The smallest absolute Gasteiger partial charge is 0.251 e. The maximum Gasteiger partial charge on any atom is 0.251 e. The number of rotatable bonds is 2. The zero-order chi connectivity index (χ0) is 18.3. The average molecular weight is 355 g/mol. The van der Waals surface area contributed by atoms with Crippen LogP contribution in [0.5, 0.6) is 5.75 Å². The van der Waals surface area contributed by atoms with Crippen LogP contribution in [0.25, 0.3) is 0 Å². The minimum atomic E-state index is -0.429. The highest BCUT2D eigenvalue weighted by Gasteiger charge is 2.46. The highest BCUT2D eigenvalue weighted by Crippen LogP contribution is 2.42. The van der Waals surface area contributed by atoms with Crippen LogP contribution in [-0.2, 0) is 9.59 Å². The standard InChI is InChI=1S/C20H25N3O3/c1-12(24)23-16-9-5-4-8-14(16)22-15-11-21-20(25)18(15)19(23)13-7-3-6-10-17(13)26-2/h3,6-7,10,14,16,19,22H,4-5,8-9,11H2,1-2H3,(H,21,25)/t14-,16-,19+/m0/s1. The van der Waals surface area contributed by atoms with Gasteiger partial charge in [-0.2, -0.15) is 0 Å². The van der Waals surface area contributed by atoms with Gasteiger partial charge in [-0.25, -0.2) is 0 Å². The second kappa shape index (κ2) is 6.67. The van der Waals surface area contributed by atoms with Crippen molar-refractivity contribution in [2.75, 3.05) is 13.7 Å². The summed E-state index contributed by atoms with van der Waals surface area (Å²) < 4.78 is 5.57. The third-order valence-electron chi connectivity index (χ3n) is 5.79. The summed E-state index contributed by atoms with van der Waals surface area (Å²) in [7, 11) is 1.62. The number of nitrogens with one attached hydrogen (secondary N) is 2. The molecule has 6 heteroatoms. The van der Waals surface area contributed by atoms with Crippen LogP contribution >= 0.6 is 0 Å². The van der Waals surface area contributed by atoms with Gasteiger partial charge in [0.15, 0.2) is 0 Å². The van der Waals surface area contributed by atoms with Gasteiger partial charge in [0, 0.05) is 24.2 Å². The van der Waals surface area contributed by atoms with E-state index in [1.165, 1.54) is 0 Å². The summed E-state index contributed by atoms with van der Waals surface area (Å²) in [6, 6.07) is 7.51. The molecule has 2 amide bonds. The van der Waals surface area contributed by atoms with Crippen LogP contribution in [0, 0.1) is 0 Å². The van der Waals surface area contributed by atoms with Gasteiger partial charge in [-0.3, -0.25) is 9.59 Å². The Labute approximate surface area is 153 Å². The van der Waals surface area contributed by atoms with Gasteiger partial charge in [-0.15, -0.1) is 0 Å². The number of carbonyl (C=O) groups is 2. The van der Waals surface area contributed by atoms with Crippen molar-refractivity contribution in [1.82, 2.24) is 15.5 Å². The number of carbonyl (C=O) groups excluding carboxylic acids is 2. The monoisotopic (exact) mass is 355 g/mol. The van der Waals surface area contributed by atoms with Crippen molar-refractivity contribution in [3.8, 4) is 5.75 Å². The van der Waals surface area contributed by atoms with Gasteiger partial charge in [0.05, 0.1) is 31.3 Å². The van der Waals surface area contributed by atoms with Crippen molar-refractivity contribution in [3.63, 3.8) is 0 Å². The summed E-state index contributed by atoms with van der Waals surface area (Å²) in [6.07, 6.45) is 4.20. The molecule has 138 valence electrons. The van der Waals surface area contributed by atoms with E-state index in [0.717, 1.165) is 36.9 Å². The van der Waals surface area contributed by atoms with E-state index < -0.39 is 6.04 Å². The number of hydrogen-bond donors (Lipinski definition) is 2. The molecule has 3 atom stereocenters. The third kappa shape index (κ3) is 2.64. The van der Waals surface area contributed by atoms with E-state index in [1.54, 1.807) is 14.0 Å². The van der Waals surface area contributed by atoms with E-state index in [2.05, 4.69) is 10.6 Å². The first-order valence-corrected chi connectivity index (χ1v) is 9.31. The Morgan fingerprint density at radius 3 is 2.77 bits per heavy atom. The van der Waals surface area contributed by atoms with Crippen LogP contribution in [0.4, 0.5) is 0 Å². The highest BCUT2D eigenvalue weighted by atomic mass is 16.5. The molecule has 0 radical (unpaired) electrons. The third-order valence-corrected chi connectivity index (χ3v) is 5.79. The summed E-state index contributed by atoms with van der Waals surface area (Å²) in [5.74, 6) is 0.589. The molecule has 1 aromatic carbocycles. The van der Waals surface area contributed by atoms with Crippen LogP contribution in [0.2, 0.25) is 0 Å². The van der Waals surface area contributed by atoms with E-state index in [0.29, 0.717) is 17.9 Å². The number of methoxy groups -OCH3 is 1. The molecule has 0 aromatic heterocycles. The minimum Gasteiger partial charge on any atom is -0.496 e. The van der Waals surface area contributed by atoms with Crippen LogP contribution in [0.1, 0.15) is 44.2 Å². The fraction of sp³-hybridized carbons (Fsp3) is 0.500. The highest BCUT2D eigenvalue weighted by molar-refractivity contribution is 5.99. The first kappa shape index (κ1) is 16.9. The number of nitrogens with zero attached hydrogens (tertiary/aromatic N) is 1. The summed E-state index contributed by atoms with van der Waals surface area (Å²) in [4.78, 5) is 27.4. The van der Waals surface area contributed by atoms with E-state index in [4.69, 9.17) is 4.74 Å². The minimum absolute atomic E-state index is 0.00643. The fourth-order valence-corrected chi connectivity index (χ4v) is 4.69. The van der Waals surface area contributed by atoms with Gasteiger partial charge in [0.25, 0.3) is 5.91 Å². The van der Waals surface area contributed by atoms with E-state index in [9.17, 15) is 9.59 Å². The zero-order valence-electron chi connectivity index (χ0n) is 15.2. The molecule has 2 aliphatic heterocycles. The van der Waals surface area contributed by atoms with Crippen molar-refractivity contribution in [1.29, 1.82) is 0 Å². The summed E-state index contributed by atoms with van der Waals surface area (Å²) >= 11 is 0. The van der Waals surface area contributed by atoms with E-state index >= 15 is 0 Å². The molecule has 1 fully saturated rings. The number of para-hydroxylation sites is 1. The normalized spacial score (nSPS) is 27.8. The Kier molecular flexibility index (Phi) is 4.34. The van der Waals surface area contributed by atoms with Crippen molar-refractivity contribution in [3.05, 3.63) is 41.1 Å². The lowest BCUT2D eigenvalue weighted by Crippen LogP contribution is -2.53. The summed E-state index contributed by atoms with van der Waals surface area (Å²) in [5.41, 5.74) is 2.44. The van der Waals surface area contributed by atoms with Crippen LogP contribution in [0.3, 0.4) is 0 Å². The molecule has 2 heterocycles. The maximum atomic E-state index is 12.8. The van der Waals surface area contributed by atoms with Crippen molar-refractivity contribution >= 4 is 11.8 Å². The first-order chi connectivity index (χ1) is 12.6. The van der Waals surface area contributed by atoms with Crippen molar-refractivity contribution in [2.24, 2.45) is 0 Å². The fourth-order valence-electron chi connectivity index (χ4n) is 4.69. The van der Waals surface area contributed by atoms with Gasteiger partial charge < -0.3 is 20.3 Å². The number of fused-ring (bicyclic) bond motifs is 1. The molecule has 4 rings (SSSR count). The topological polar surface area (TPSA) is 70.7 Å². The molecule has 6 nitrogen and oxygen atoms in total. The summed E-state index contributed by atoms with van der Waals surface area (Å²) in [6.45, 7) is 2.10. The Morgan fingerprint density at radius 2 is 2.00 bits per heavy atom. The first-order valence-electron chi connectivity index (χ1n) is 9.31. The Balaban J connectivity index is 1.91. The maximum absolute atomic E-state index is 12.8. The van der Waals surface area contributed by atoms with Gasteiger partial charge >= 0.3 is 0 Å². The molecular weight excluding hydrogens is 330 g/mol. The van der Waals surface area contributed by atoms with Crippen LogP contribution in [-0.4, -0.2) is 42.5 Å². The molecule has 1 aromatic rings. The lowest BCUT2D eigenvalue weighted by molar-refractivity contribution is -0.134. The van der Waals surface area contributed by atoms with Crippen LogP contribution in [0.15, 0.2) is 35.5 Å². The van der Waals surface area contributed by atoms with Crippen LogP contribution < -0.4 is 15.4 Å². The molecule has 0 saturated heterocycles. The molecule has 1 aliphatic carbocycles. The van der Waals surface area contributed by atoms with Gasteiger partial charge in [-0.05, 0) is 18.9 Å². The largest absolute Gasteiger partial charge is 0.496 e. The van der Waals surface area contributed by atoms with E-state index in [-0.39, 0.29) is 23.9 Å². The van der Waals surface area contributed by atoms with Gasteiger partial charge in [-0.1, -0.05) is 31.0 Å². The Hall–Kier alpha value is -2.50. The van der Waals surface area contributed by atoms with Gasteiger partial charge in [0.1, 0.15) is 5.75 Å². The van der Waals surface area contributed by atoms with E-state index in [1.807, 2.05) is 29.2 Å².